The van der Waals surface area contributed by atoms with E-state index in [-0.39, 0.29) is 11.9 Å². The van der Waals surface area contributed by atoms with Crippen molar-refractivity contribution in [3.05, 3.63) is 47.5 Å². The zero-order chi connectivity index (χ0) is 21.8. The highest BCUT2D eigenvalue weighted by molar-refractivity contribution is 6.36. The molecule has 31 heavy (non-hydrogen) atoms. The Bertz CT molecular complexity index is 1030. The molecule has 4 heterocycles. The maximum atomic E-state index is 13.2. The highest BCUT2D eigenvalue weighted by Crippen LogP contribution is 2.28. The van der Waals surface area contributed by atoms with E-state index < -0.39 is 0 Å². The van der Waals surface area contributed by atoms with Crippen LogP contribution in [0.25, 0.3) is 17.0 Å². The SMILES string of the molecule is CC(C)CC(CNC(=O)c1cn(-c2ncccn2)c2nccc(Cl)c12)N1CCOCC1. The molecule has 0 aromatic carbocycles. The van der Waals surface area contributed by atoms with Gasteiger partial charge < -0.3 is 10.1 Å². The lowest BCUT2D eigenvalue weighted by molar-refractivity contribution is 0.0124. The van der Waals surface area contributed by atoms with E-state index in [1.165, 1.54) is 0 Å². The number of nitrogens with zero attached hydrogens (tertiary/aromatic N) is 5. The van der Waals surface area contributed by atoms with Crippen LogP contribution < -0.4 is 5.32 Å². The van der Waals surface area contributed by atoms with Crippen LogP contribution in [0.5, 0.6) is 0 Å². The number of amides is 1. The number of pyridine rings is 1. The topological polar surface area (TPSA) is 85.2 Å². The highest BCUT2D eigenvalue weighted by Gasteiger charge is 2.25. The molecular formula is C22H27ClN6O2. The standard InChI is InChI=1S/C22H27ClN6O2/c1-15(2)12-16(28-8-10-31-11-9-28)13-27-21(30)17-14-29(22-25-5-3-6-26-22)20-19(17)18(23)4-7-24-20/h3-7,14-16H,8-13H2,1-2H3,(H,27,30). The number of hydrogen-bond donors (Lipinski definition) is 1. The first-order valence-electron chi connectivity index (χ1n) is 10.6. The minimum absolute atomic E-state index is 0.184. The minimum atomic E-state index is -0.184. The van der Waals surface area contributed by atoms with E-state index in [2.05, 4.69) is 39.0 Å². The fraction of sp³-hybridized carbons (Fsp3) is 0.455. The van der Waals surface area contributed by atoms with Crippen molar-refractivity contribution in [2.24, 2.45) is 5.92 Å². The summed E-state index contributed by atoms with van der Waals surface area (Å²) in [4.78, 5) is 28.6. The Hall–Kier alpha value is -2.55. The zero-order valence-electron chi connectivity index (χ0n) is 17.8. The van der Waals surface area contributed by atoms with Crippen molar-refractivity contribution in [3.8, 4) is 5.95 Å². The molecule has 1 fully saturated rings. The molecule has 0 aliphatic carbocycles. The van der Waals surface area contributed by atoms with Gasteiger partial charge in [0.1, 0.15) is 5.65 Å². The van der Waals surface area contributed by atoms with Crippen LogP contribution >= 0.6 is 11.6 Å². The Labute approximate surface area is 186 Å². The van der Waals surface area contributed by atoms with E-state index in [0.717, 1.165) is 32.7 Å². The molecule has 9 heteroatoms. The second-order valence-corrected chi connectivity index (χ2v) is 8.50. The van der Waals surface area contributed by atoms with Gasteiger partial charge in [-0.15, -0.1) is 0 Å². The largest absolute Gasteiger partial charge is 0.379 e. The third-order valence-corrected chi connectivity index (χ3v) is 5.77. The molecule has 3 aromatic rings. The molecule has 1 unspecified atom stereocenters. The summed E-state index contributed by atoms with van der Waals surface area (Å²) in [7, 11) is 0. The van der Waals surface area contributed by atoms with Crippen molar-refractivity contribution < 1.29 is 9.53 Å². The van der Waals surface area contributed by atoms with Crippen LogP contribution in [0.1, 0.15) is 30.6 Å². The molecule has 0 saturated carbocycles. The van der Waals surface area contributed by atoms with Crippen LogP contribution in [0.15, 0.2) is 36.9 Å². The molecule has 0 spiro atoms. The second-order valence-electron chi connectivity index (χ2n) is 8.09. The van der Waals surface area contributed by atoms with Crippen LogP contribution in [0, 0.1) is 5.92 Å². The Kier molecular flexibility index (Phi) is 6.80. The number of aromatic nitrogens is 4. The molecule has 0 bridgehead atoms. The van der Waals surface area contributed by atoms with E-state index in [4.69, 9.17) is 16.3 Å². The number of hydrogen-bond acceptors (Lipinski definition) is 6. The summed E-state index contributed by atoms with van der Waals surface area (Å²) in [6, 6.07) is 3.68. The number of morpholine rings is 1. The van der Waals surface area contributed by atoms with E-state index in [1.54, 1.807) is 41.5 Å². The van der Waals surface area contributed by atoms with Gasteiger partial charge in [-0.3, -0.25) is 14.3 Å². The molecule has 4 rings (SSSR count). The summed E-state index contributed by atoms with van der Waals surface area (Å²) in [5.74, 6) is 0.782. The van der Waals surface area contributed by atoms with Gasteiger partial charge in [0, 0.05) is 50.5 Å². The lowest BCUT2D eigenvalue weighted by Gasteiger charge is -2.35. The predicted octanol–water partition coefficient (Wildman–Crippen LogP) is 2.95. The van der Waals surface area contributed by atoms with E-state index in [0.29, 0.717) is 40.0 Å². The summed E-state index contributed by atoms with van der Waals surface area (Å²) in [5.41, 5.74) is 1.02. The van der Waals surface area contributed by atoms with Gasteiger partial charge in [-0.2, -0.15) is 0 Å². The Morgan fingerprint density at radius 2 is 1.94 bits per heavy atom. The van der Waals surface area contributed by atoms with Gasteiger partial charge in [-0.1, -0.05) is 25.4 Å². The van der Waals surface area contributed by atoms with Crippen LogP contribution in [0.4, 0.5) is 0 Å². The van der Waals surface area contributed by atoms with Crippen molar-refractivity contribution in [2.45, 2.75) is 26.3 Å². The van der Waals surface area contributed by atoms with Crippen LogP contribution in [0.3, 0.4) is 0 Å². The summed E-state index contributed by atoms with van der Waals surface area (Å²) in [6.45, 7) is 8.19. The van der Waals surface area contributed by atoms with Gasteiger partial charge in [0.2, 0.25) is 5.95 Å². The number of carbonyl (C=O) groups excluding carboxylic acids is 1. The maximum Gasteiger partial charge on any atom is 0.253 e. The quantitative estimate of drug-likeness (QED) is 0.605. The highest BCUT2D eigenvalue weighted by atomic mass is 35.5. The third-order valence-electron chi connectivity index (χ3n) is 5.45. The number of rotatable bonds is 7. The van der Waals surface area contributed by atoms with Gasteiger partial charge >= 0.3 is 0 Å². The van der Waals surface area contributed by atoms with Gasteiger partial charge in [0.15, 0.2) is 0 Å². The van der Waals surface area contributed by atoms with Crippen molar-refractivity contribution in [3.63, 3.8) is 0 Å². The van der Waals surface area contributed by atoms with Crippen LogP contribution in [-0.2, 0) is 4.74 Å². The molecule has 164 valence electrons. The fourth-order valence-electron chi connectivity index (χ4n) is 4.01. The first-order valence-corrected chi connectivity index (χ1v) is 11.0. The smallest absolute Gasteiger partial charge is 0.253 e. The molecular weight excluding hydrogens is 416 g/mol. The molecule has 1 atom stereocenters. The molecule has 1 saturated heterocycles. The summed E-state index contributed by atoms with van der Waals surface area (Å²) >= 11 is 6.46. The lowest BCUT2D eigenvalue weighted by Crippen LogP contribution is -2.49. The Balaban J connectivity index is 1.60. The molecule has 1 amide bonds. The number of fused-ring (bicyclic) bond motifs is 1. The van der Waals surface area contributed by atoms with Crippen LogP contribution in [-0.4, -0.2) is 69.2 Å². The van der Waals surface area contributed by atoms with Crippen molar-refractivity contribution in [1.82, 2.24) is 29.7 Å². The average molecular weight is 443 g/mol. The zero-order valence-corrected chi connectivity index (χ0v) is 18.5. The molecule has 3 aromatic heterocycles. The van der Waals surface area contributed by atoms with E-state index in [1.807, 2.05) is 0 Å². The number of ether oxygens (including phenoxy) is 1. The van der Waals surface area contributed by atoms with Crippen molar-refractivity contribution in [2.75, 3.05) is 32.8 Å². The summed E-state index contributed by atoms with van der Waals surface area (Å²) in [5, 5.41) is 4.19. The normalized spacial score (nSPS) is 16.0. The first kappa shape index (κ1) is 21.7. The molecule has 8 nitrogen and oxygen atoms in total. The fourth-order valence-corrected chi connectivity index (χ4v) is 4.25. The first-order chi connectivity index (χ1) is 15.0. The van der Waals surface area contributed by atoms with Gasteiger partial charge in [-0.05, 0) is 24.5 Å². The van der Waals surface area contributed by atoms with Crippen molar-refractivity contribution in [1.29, 1.82) is 0 Å². The number of halogens is 1. The third kappa shape index (κ3) is 4.87. The minimum Gasteiger partial charge on any atom is -0.379 e. The van der Waals surface area contributed by atoms with E-state index in [9.17, 15) is 4.79 Å². The second kappa shape index (κ2) is 9.72. The number of nitrogens with one attached hydrogen (secondary N) is 1. The Morgan fingerprint density at radius 1 is 1.19 bits per heavy atom. The van der Waals surface area contributed by atoms with Gasteiger partial charge in [0.05, 0.1) is 29.2 Å². The molecule has 1 aliphatic rings. The number of carbonyl (C=O) groups is 1. The Morgan fingerprint density at radius 3 is 2.65 bits per heavy atom. The van der Waals surface area contributed by atoms with Crippen LogP contribution in [0.2, 0.25) is 5.02 Å². The lowest BCUT2D eigenvalue weighted by atomic mass is 10.0. The van der Waals surface area contributed by atoms with Crippen molar-refractivity contribution >= 4 is 28.5 Å². The molecule has 0 radical (unpaired) electrons. The molecule has 1 N–H and O–H groups in total. The van der Waals surface area contributed by atoms with Gasteiger partial charge in [0.25, 0.3) is 5.91 Å². The van der Waals surface area contributed by atoms with E-state index >= 15 is 0 Å². The summed E-state index contributed by atoms with van der Waals surface area (Å²) in [6.07, 6.45) is 7.63. The average Bonchev–Trinajstić information content (AvgIpc) is 3.18. The monoisotopic (exact) mass is 442 g/mol. The maximum absolute atomic E-state index is 13.2. The predicted molar refractivity (Wildman–Crippen MR) is 120 cm³/mol. The summed E-state index contributed by atoms with van der Waals surface area (Å²) < 4.78 is 7.19. The molecule has 1 aliphatic heterocycles. The van der Waals surface area contributed by atoms with Gasteiger partial charge in [-0.25, -0.2) is 15.0 Å².